The lowest BCUT2D eigenvalue weighted by molar-refractivity contribution is 1.08. The molecule has 0 radical (unpaired) electrons. The van der Waals surface area contributed by atoms with E-state index in [1.807, 2.05) is 32.0 Å². The number of aryl methyl sites for hydroxylation is 2. The molecule has 0 saturated carbocycles. The molecule has 0 fully saturated rings. The molecule has 17 heavy (non-hydrogen) atoms. The lowest BCUT2D eigenvalue weighted by atomic mass is 10.2. The molecule has 0 bridgehead atoms. The van der Waals surface area contributed by atoms with Crippen molar-refractivity contribution in [3.8, 4) is 0 Å². The van der Waals surface area contributed by atoms with Gasteiger partial charge in [-0.15, -0.1) is 0 Å². The van der Waals surface area contributed by atoms with E-state index in [4.69, 9.17) is 5.73 Å². The minimum Gasteiger partial charge on any atom is -0.368 e. The molecule has 88 valence electrons. The first-order chi connectivity index (χ1) is 8.08. The van der Waals surface area contributed by atoms with Gasteiger partial charge >= 0.3 is 0 Å². The van der Waals surface area contributed by atoms with Gasteiger partial charge in [-0.1, -0.05) is 18.2 Å². The van der Waals surface area contributed by atoms with Gasteiger partial charge in [-0.25, -0.2) is 4.98 Å². The van der Waals surface area contributed by atoms with Gasteiger partial charge in [0.05, 0.1) is 0 Å². The molecule has 0 amide bonds. The highest BCUT2D eigenvalue weighted by molar-refractivity contribution is 5.63. The smallest absolute Gasteiger partial charge is 0.222 e. The van der Waals surface area contributed by atoms with Crippen LogP contribution >= 0.6 is 0 Å². The van der Waals surface area contributed by atoms with E-state index in [1.165, 1.54) is 5.56 Å². The van der Waals surface area contributed by atoms with Crippen molar-refractivity contribution in [2.24, 2.45) is 0 Å². The SMILES string of the molecule is Cc1ccccc1Nc1nc(N)nc(C)c1C. The van der Waals surface area contributed by atoms with Crippen LogP contribution < -0.4 is 11.1 Å². The third kappa shape index (κ3) is 2.36. The molecule has 1 heterocycles. The highest BCUT2D eigenvalue weighted by Gasteiger charge is 2.07. The van der Waals surface area contributed by atoms with Crippen molar-refractivity contribution in [2.45, 2.75) is 20.8 Å². The number of nitrogens with zero attached hydrogens (tertiary/aromatic N) is 2. The van der Waals surface area contributed by atoms with E-state index in [0.29, 0.717) is 5.95 Å². The molecular formula is C13H16N4. The quantitative estimate of drug-likeness (QED) is 0.829. The molecule has 0 unspecified atom stereocenters. The van der Waals surface area contributed by atoms with Crippen molar-refractivity contribution in [3.63, 3.8) is 0 Å². The molecule has 0 aliphatic carbocycles. The number of rotatable bonds is 2. The van der Waals surface area contributed by atoms with Crippen molar-refractivity contribution in [3.05, 3.63) is 41.1 Å². The zero-order valence-corrected chi connectivity index (χ0v) is 10.3. The first-order valence-electron chi connectivity index (χ1n) is 5.51. The average Bonchev–Trinajstić information content (AvgIpc) is 2.28. The normalized spacial score (nSPS) is 10.3. The number of aromatic nitrogens is 2. The first kappa shape index (κ1) is 11.4. The van der Waals surface area contributed by atoms with Gasteiger partial charge in [-0.3, -0.25) is 0 Å². The fourth-order valence-corrected chi connectivity index (χ4v) is 1.61. The molecule has 3 N–H and O–H groups in total. The van der Waals surface area contributed by atoms with Gasteiger partial charge in [0.25, 0.3) is 0 Å². The summed E-state index contributed by atoms with van der Waals surface area (Å²) in [6, 6.07) is 8.06. The molecule has 4 nitrogen and oxygen atoms in total. The molecule has 0 aliphatic heterocycles. The molecular weight excluding hydrogens is 212 g/mol. The summed E-state index contributed by atoms with van der Waals surface area (Å²) in [5, 5.41) is 3.29. The second kappa shape index (κ2) is 4.41. The van der Waals surface area contributed by atoms with Crippen LogP contribution in [0.5, 0.6) is 0 Å². The number of para-hydroxylation sites is 1. The summed E-state index contributed by atoms with van der Waals surface area (Å²) in [7, 11) is 0. The molecule has 0 saturated heterocycles. The van der Waals surface area contributed by atoms with Gasteiger partial charge in [-0.2, -0.15) is 4.98 Å². The number of benzene rings is 1. The van der Waals surface area contributed by atoms with E-state index in [-0.39, 0.29) is 0 Å². The predicted molar refractivity (Wildman–Crippen MR) is 70.4 cm³/mol. The second-order valence-corrected chi connectivity index (χ2v) is 4.08. The Kier molecular flexibility index (Phi) is 2.95. The summed E-state index contributed by atoms with van der Waals surface area (Å²) in [6.45, 7) is 5.96. The predicted octanol–water partition coefficient (Wildman–Crippen LogP) is 2.73. The number of hydrogen-bond donors (Lipinski definition) is 2. The fourth-order valence-electron chi connectivity index (χ4n) is 1.61. The Bertz CT molecular complexity index is 549. The third-order valence-electron chi connectivity index (χ3n) is 2.80. The number of nitrogens with one attached hydrogen (secondary N) is 1. The zero-order chi connectivity index (χ0) is 12.4. The Balaban J connectivity index is 2.40. The maximum absolute atomic E-state index is 5.66. The van der Waals surface area contributed by atoms with Crippen LogP contribution in [0.1, 0.15) is 16.8 Å². The Hall–Kier alpha value is -2.10. The number of nitrogen functional groups attached to an aromatic ring is 1. The van der Waals surface area contributed by atoms with Crippen LogP contribution in [0, 0.1) is 20.8 Å². The maximum Gasteiger partial charge on any atom is 0.222 e. The standard InChI is InChI=1S/C13H16N4/c1-8-6-4-5-7-11(8)16-12-9(2)10(3)15-13(14)17-12/h4-7H,1-3H3,(H3,14,15,16,17). The summed E-state index contributed by atoms with van der Waals surface area (Å²) < 4.78 is 0. The lowest BCUT2D eigenvalue weighted by Gasteiger charge is -2.12. The Morgan fingerprint density at radius 1 is 1.06 bits per heavy atom. The number of nitrogens with two attached hydrogens (primary N) is 1. The Morgan fingerprint density at radius 2 is 1.76 bits per heavy atom. The third-order valence-corrected chi connectivity index (χ3v) is 2.80. The van der Waals surface area contributed by atoms with Crippen molar-refractivity contribution >= 4 is 17.5 Å². The highest BCUT2D eigenvalue weighted by Crippen LogP contribution is 2.22. The number of anilines is 3. The monoisotopic (exact) mass is 228 g/mol. The van der Waals surface area contributed by atoms with E-state index in [2.05, 4.69) is 28.3 Å². The van der Waals surface area contributed by atoms with Crippen molar-refractivity contribution in [1.29, 1.82) is 0 Å². The Morgan fingerprint density at radius 3 is 2.47 bits per heavy atom. The minimum absolute atomic E-state index is 0.296. The maximum atomic E-state index is 5.66. The van der Waals surface area contributed by atoms with Crippen LogP contribution in [-0.4, -0.2) is 9.97 Å². The van der Waals surface area contributed by atoms with Crippen LogP contribution in [-0.2, 0) is 0 Å². The van der Waals surface area contributed by atoms with E-state index < -0.39 is 0 Å². The Labute approximate surface area is 101 Å². The molecule has 0 spiro atoms. The molecule has 1 aromatic heterocycles. The molecule has 1 aromatic carbocycles. The van der Waals surface area contributed by atoms with Crippen LogP contribution in [0.15, 0.2) is 24.3 Å². The minimum atomic E-state index is 0.296. The molecule has 0 aliphatic rings. The van der Waals surface area contributed by atoms with Crippen molar-refractivity contribution in [2.75, 3.05) is 11.1 Å². The molecule has 2 aromatic rings. The summed E-state index contributed by atoms with van der Waals surface area (Å²) in [5.74, 6) is 1.06. The summed E-state index contributed by atoms with van der Waals surface area (Å²) >= 11 is 0. The molecule has 4 heteroatoms. The largest absolute Gasteiger partial charge is 0.368 e. The van der Waals surface area contributed by atoms with Gasteiger partial charge in [0, 0.05) is 16.9 Å². The van der Waals surface area contributed by atoms with Gasteiger partial charge in [0.1, 0.15) is 5.82 Å². The average molecular weight is 228 g/mol. The summed E-state index contributed by atoms with van der Waals surface area (Å²) in [5.41, 5.74) is 9.77. The van der Waals surface area contributed by atoms with Crippen molar-refractivity contribution in [1.82, 2.24) is 9.97 Å². The van der Waals surface area contributed by atoms with E-state index in [1.54, 1.807) is 0 Å². The lowest BCUT2D eigenvalue weighted by Crippen LogP contribution is -2.05. The van der Waals surface area contributed by atoms with E-state index in [0.717, 1.165) is 22.8 Å². The van der Waals surface area contributed by atoms with E-state index in [9.17, 15) is 0 Å². The summed E-state index contributed by atoms with van der Waals surface area (Å²) in [4.78, 5) is 8.35. The van der Waals surface area contributed by atoms with Crippen molar-refractivity contribution < 1.29 is 0 Å². The van der Waals surface area contributed by atoms with Gasteiger partial charge in [-0.05, 0) is 32.4 Å². The fraction of sp³-hybridized carbons (Fsp3) is 0.231. The van der Waals surface area contributed by atoms with Gasteiger partial charge in [0.15, 0.2) is 0 Å². The van der Waals surface area contributed by atoms with Gasteiger partial charge < -0.3 is 11.1 Å². The topological polar surface area (TPSA) is 63.8 Å². The first-order valence-corrected chi connectivity index (χ1v) is 5.51. The summed E-state index contributed by atoms with van der Waals surface area (Å²) in [6.07, 6.45) is 0. The molecule has 0 atom stereocenters. The van der Waals surface area contributed by atoms with E-state index >= 15 is 0 Å². The molecule has 2 rings (SSSR count). The van der Waals surface area contributed by atoms with Crippen LogP contribution in [0.25, 0.3) is 0 Å². The van der Waals surface area contributed by atoms with Gasteiger partial charge in [0.2, 0.25) is 5.95 Å². The highest BCUT2D eigenvalue weighted by atomic mass is 15.1. The van der Waals surface area contributed by atoms with Crippen LogP contribution in [0.3, 0.4) is 0 Å². The van der Waals surface area contributed by atoms with Crippen LogP contribution in [0.4, 0.5) is 17.5 Å². The second-order valence-electron chi connectivity index (χ2n) is 4.08. The zero-order valence-electron chi connectivity index (χ0n) is 10.3. The van der Waals surface area contributed by atoms with Crippen LogP contribution in [0.2, 0.25) is 0 Å². The number of hydrogen-bond acceptors (Lipinski definition) is 4.